The van der Waals surface area contributed by atoms with Gasteiger partial charge in [-0.2, -0.15) is 0 Å². The fraction of sp³-hybridized carbons (Fsp3) is 0.538. The molecule has 2 rings (SSSR count). The highest BCUT2D eigenvalue weighted by atomic mass is 16.1. The summed E-state index contributed by atoms with van der Waals surface area (Å²) < 4.78 is 0. The van der Waals surface area contributed by atoms with Crippen LogP contribution in [-0.2, 0) is 4.79 Å². The minimum atomic E-state index is 0.0445. The number of rotatable bonds is 4. The number of carbonyl (C=O) groups is 1. The molecule has 1 aromatic heterocycles. The molecule has 0 saturated carbocycles. The van der Waals surface area contributed by atoms with Gasteiger partial charge < -0.3 is 10.2 Å². The monoisotopic (exact) mass is 233 g/mol. The van der Waals surface area contributed by atoms with Crippen LogP contribution >= 0.6 is 0 Å². The van der Waals surface area contributed by atoms with E-state index >= 15 is 0 Å². The van der Waals surface area contributed by atoms with Crippen LogP contribution in [0.2, 0.25) is 0 Å². The zero-order valence-electron chi connectivity index (χ0n) is 10.2. The smallest absolute Gasteiger partial charge is 0.227 e. The van der Waals surface area contributed by atoms with Gasteiger partial charge in [0.25, 0.3) is 0 Å². The lowest BCUT2D eigenvalue weighted by Crippen LogP contribution is -2.33. The molecule has 1 saturated heterocycles. The molecule has 1 fully saturated rings. The molecule has 92 valence electrons. The molecule has 0 aromatic carbocycles. The summed E-state index contributed by atoms with van der Waals surface area (Å²) in [6.45, 7) is 4.36. The number of likely N-dealkylation sites (tertiary alicyclic amines) is 1. The molecule has 1 aromatic rings. The number of nitrogens with zero attached hydrogens (tertiary/aromatic N) is 2. The van der Waals surface area contributed by atoms with Crippen LogP contribution in [0, 0.1) is 0 Å². The van der Waals surface area contributed by atoms with E-state index in [2.05, 4.69) is 22.1 Å². The van der Waals surface area contributed by atoms with Crippen LogP contribution in [0.25, 0.3) is 0 Å². The van der Waals surface area contributed by atoms with Gasteiger partial charge in [-0.3, -0.25) is 4.79 Å². The van der Waals surface area contributed by atoms with Crippen molar-refractivity contribution in [3.05, 3.63) is 24.4 Å². The van der Waals surface area contributed by atoms with Crippen LogP contribution in [0.1, 0.15) is 26.2 Å². The van der Waals surface area contributed by atoms with Crippen LogP contribution in [0.3, 0.4) is 0 Å². The molecule has 4 heteroatoms. The predicted octanol–water partition coefficient (Wildman–Crippen LogP) is 1.89. The van der Waals surface area contributed by atoms with Crippen molar-refractivity contribution in [3.63, 3.8) is 0 Å². The van der Waals surface area contributed by atoms with Gasteiger partial charge in [0.1, 0.15) is 5.82 Å². The lowest BCUT2D eigenvalue weighted by Gasteiger charge is -2.22. The summed E-state index contributed by atoms with van der Waals surface area (Å²) >= 11 is 0. The highest BCUT2D eigenvalue weighted by Crippen LogP contribution is 2.14. The standard InChI is InChI=1S/C13H19N3O/c1-11(16-8-4-5-9-16)10-13(17)15-12-6-2-3-7-14-12/h2-3,6-7,11H,4-5,8-10H2,1H3,(H,14,15,17). The Morgan fingerprint density at radius 3 is 2.88 bits per heavy atom. The second-order valence-electron chi connectivity index (χ2n) is 4.56. The minimum absolute atomic E-state index is 0.0445. The van der Waals surface area contributed by atoms with Crippen LogP contribution < -0.4 is 5.32 Å². The molecule has 1 N–H and O–H groups in total. The van der Waals surface area contributed by atoms with Crippen molar-refractivity contribution in [1.82, 2.24) is 9.88 Å². The number of pyridine rings is 1. The maximum atomic E-state index is 11.8. The molecule has 1 amide bonds. The van der Waals surface area contributed by atoms with Crippen LogP contribution in [0.15, 0.2) is 24.4 Å². The number of anilines is 1. The lowest BCUT2D eigenvalue weighted by atomic mass is 10.2. The topological polar surface area (TPSA) is 45.2 Å². The first-order chi connectivity index (χ1) is 8.25. The molecule has 0 spiro atoms. The van der Waals surface area contributed by atoms with Crippen molar-refractivity contribution < 1.29 is 4.79 Å². The average Bonchev–Trinajstić information content (AvgIpc) is 2.83. The van der Waals surface area contributed by atoms with Crippen molar-refractivity contribution in [1.29, 1.82) is 0 Å². The Labute approximate surface area is 102 Å². The molecule has 17 heavy (non-hydrogen) atoms. The highest BCUT2D eigenvalue weighted by Gasteiger charge is 2.20. The third kappa shape index (κ3) is 3.53. The third-order valence-corrected chi connectivity index (χ3v) is 3.18. The summed E-state index contributed by atoms with van der Waals surface area (Å²) in [6.07, 6.45) is 4.73. The Balaban J connectivity index is 1.80. The van der Waals surface area contributed by atoms with Gasteiger partial charge >= 0.3 is 0 Å². The number of nitrogens with one attached hydrogen (secondary N) is 1. The molecule has 2 heterocycles. The van der Waals surface area contributed by atoms with Gasteiger partial charge in [-0.1, -0.05) is 6.07 Å². The summed E-state index contributed by atoms with van der Waals surface area (Å²) in [7, 11) is 0. The molecule has 0 aliphatic carbocycles. The van der Waals surface area contributed by atoms with Crippen LogP contribution in [-0.4, -0.2) is 34.9 Å². The zero-order chi connectivity index (χ0) is 12.1. The Morgan fingerprint density at radius 2 is 2.24 bits per heavy atom. The summed E-state index contributed by atoms with van der Waals surface area (Å²) in [6, 6.07) is 5.83. The van der Waals surface area contributed by atoms with Crippen molar-refractivity contribution >= 4 is 11.7 Å². The molecule has 0 radical (unpaired) electrons. The summed E-state index contributed by atoms with van der Waals surface area (Å²) in [5.74, 6) is 0.675. The van der Waals surface area contributed by atoms with E-state index in [1.54, 1.807) is 12.3 Å². The third-order valence-electron chi connectivity index (χ3n) is 3.18. The van der Waals surface area contributed by atoms with Gasteiger partial charge in [0.05, 0.1) is 0 Å². The van der Waals surface area contributed by atoms with E-state index in [0.29, 0.717) is 18.3 Å². The summed E-state index contributed by atoms with van der Waals surface area (Å²) in [4.78, 5) is 18.3. The van der Waals surface area contributed by atoms with Crippen molar-refractivity contribution in [2.75, 3.05) is 18.4 Å². The van der Waals surface area contributed by atoms with Gasteiger partial charge in [0.2, 0.25) is 5.91 Å². The van der Waals surface area contributed by atoms with Gasteiger partial charge in [0.15, 0.2) is 0 Å². The van der Waals surface area contributed by atoms with Gasteiger partial charge in [-0.15, -0.1) is 0 Å². The Bertz CT molecular complexity index is 360. The maximum absolute atomic E-state index is 11.8. The molecular weight excluding hydrogens is 214 g/mol. The summed E-state index contributed by atoms with van der Waals surface area (Å²) in [5, 5.41) is 2.82. The number of amides is 1. The number of hydrogen-bond acceptors (Lipinski definition) is 3. The average molecular weight is 233 g/mol. The van der Waals surface area contributed by atoms with E-state index in [1.807, 2.05) is 12.1 Å². The van der Waals surface area contributed by atoms with Gasteiger partial charge in [-0.25, -0.2) is 4.98 Å². The van der Waals surface area contributed by atoms with E-state index in [-0.39, 0.29) is 5.91 Å². The van der Waals surface area contributed by atoms with Crippen molar-refractivity contribution in [2.45, 2.75) is 32.2 Å². The second-order valence-corrected chi connectivity index (χ2v) is 4.56. The van der Waals surface area contributed by atoms with Crippen LogP contribution in [0.5, 0.6) is 0 Å². The molecule has 0 bridgehead atoms. The van der Waals surface area contributed by atoms with E-state index in [0.717, 1.165) is 13.1 Å². The van der Waals surface area contributed by atoms with Crippen LogP contribution in [0.4, 0.5) is 5.82 Å². The minimum Gasteiger partial charge on any atom is -0.311 e. The second kappa shape index (κ2) is 5.77. The lowest BCUT2D eigenvalue weighted by molar-refractivity contribution is -0.117. The van der Waals surface area contributed by atoms with E-state index in [4.69, 9.17) is 0 Å². The first-order valence-electron chi connectivity index (χ1n) is 6.20. The Hall–Kier alpha value is -1.42. The first kappa shape index (κ1) is 12.0. The number of hydrogen-bond donors (Lipinski definition) is 1. The molecule has 1 unspecified atom stereocenters. The normalized spacial score (nSPS) is 17.9. The summed E-state index contributed by atoms with van der Waals surface area (Å²) in [5.41, 5.74) is 0. The number of aromatic nitrogens is 1. The molecule has 1 aliphatic heterocycles. The Kier molecular flexibility index (Phi) is 4.09. The SMILES string of the molecule is CC(CC(=O)Nc1ccccn1)N1CCCC1. The first-order valence-corrected chi connectivity index (χ1v) is 6.20. The van der Waals surface area contributed by atoms with Crippen molar-refractivity contribution in [2.24, 2.45) is 0 Å². The fourth-order valence-electron chi connectivity index (χ4n) is 2.21. The quantitative estimate of drug-likeness (QED) is 0.863. The molecule has 1 atom stereocenters. The highest BCUT2D eigenvalue weighted by molar-refractivity contribution is 5.90. The molecule has 1 aliphatic rings. The number of carbonyl (C=O) groups excluding carboxylic acids is 1. The van der Waals surface area contributed by atoms with E-state index in [1.165, 1.54) is 12.8 Å². The van der Waals surface area contributed by atoms with Crippen molar-refractivity contribution in [3.8, 4) is 0 Å². The predicted molar refractivity (Wildman–Crippen MR) is 67.8 cm³/mol. The van der Waals surface area contributed by atoms with E-state index in [9.17, 15) is 4.79 Å². The van der Waals surface area contributed by atoms with Gasteiger partial charge in [0, 0.05) is 18.7 Å². The maximum Gasteiger partial charge on any atom is 0.227 e. The largest absolute Gasteiger partial charge is 0.311 e. The fourth-order valence-corrected chi connectivity index (χ4v) is 2.21. The Morgan fingerprint density at radius 1 is 1.47 bits per heavy atom. The van der Waals surface area contributed by atoms with E-state index < -0.39 is 0 Å². The molecule has 4 nitrogen and oxygen atoms in total. The molecular formula is C13H19N3O. The zero-order valence-corrected chi connectivity index (χ0v) is 10.2. The van der Waals surface area contributed by atoms with Gasteiger partial charge in [-0.05, 0) is 45.0 Å².